The second-order valence-corrected chi connectivity index (χ2v) is 7.35. The molecular formula is C22H25N5O. The van der Waals surface area contributed by atoms with Crippen molar-refractivity contribution in [1.29, 1.82) is 0 Å². The second kappa shape index (κ2) is 7.84. The summed E-state index contributed by atoms with van der Waals surface area (Å²) in [5, 5.41) is 4.04. The van der Waals surface area contributed by atoms with Gasteiger partial charge in [-0.2, -0.15) is 0 Å². The number of hydrogen-bond acceptors (Lipinski definition) is 5. The van der Waals surface area contributed by atoms with Crippen molar-refractivity contribution in [2.75, 3.05) is 37.0 Å². The van der Waals surface area contributed by atoms with Crippen LogP contribution in [0, 0.1) is 0 Å². The van der Waals surface area contributed by atoms with Crippen LogP contribution in [0.3, 0.4) is 0 Å². The molecule has 0 spiro atoms. The first-order valence-corrected chi connectivity index (χ1v) is 9.67. The molecule has 0 bridgehead atoms. The lowest BCUT2D eigenvalue weighted by Crippen LogP contribution is -2.28. The van der Waals surface area contributed by atoms with Gasteiger partial charge in [-0.15, -0.1) is 0 Å². The number of anilines is 2. The van der Waals surface area contributed by atoms with E-state index in [4.69, 9.17) is 4.98 Å². The van der Waals surface area contributed by atoms with E-state index in [0.29, 0.717) is 12.1 Å². The number of rotatable bonds is 5. The fourth-order valence-corrected chi connectivity index (χ4v) is 3.54. The molecule has 0 atom stereocenters. The third kappa shape index (κ3) is 3.76. The number of carbonyl (C=O) groups excluding carboxylic acids is 1. The molecule has 1 aromatic carbocycles. The molecule has 0 saturated carbocycles. The molecule has 1 fully saturated rings. The van der Waals surface area contributed by atoms with E-state index >= 15 is 0 Å². The van der Waals surface area contributed by atoms with Crippen LogP contribution in [-0.2, 0) is 6.54 Å². The summed E-state index contributed by atoms with van der Waals surface area (Å²) >= 11 is 0. The van der Waals surface area contributed by atoms with Gasteiger partial charge in [0, 0.05) is 45.3 Å². The Bertz CT molecular complexity index is 995. The molecule has 144 valence electrons. The topological polar surface area (TPSA) is 61.4 Å². The summed E-state index contributed by atoms with van der Waals surface area (Å²) in [6, 6.07) is 13.8. The summed E-state index contributed by atoms with van der Waals surface area (Å²) < 4.78 is 0. The Balaban J connectivity index is 1.60. The molecular weight excluding hydrogens is 350 g/mol. The fourth-order valence-electron chi connectivity index (χ4n) is 3.54. The van der Waals surface area contributed by atoms with Gasteiger partial charge >= 0.3 is 0 Å². The Hall–Kier alpha value is -3.15. The first-order valence-electron chi connectivity index (χ1n) is 9.67. The highest BCUT2D eigenvalue weighted by atomic mass is 16.1. The van der Waals surface area contributed by atoms with Crippen molar-refractivity contribution >= 4 is 28.4 Å². The van der Waals surface area contributed by atoms with E-state index in [-0.39, 0.29) is 5.91 Å². The highest BCUT2D eigenvalue weighted by Gasteiger charge is 2.22. The summed E-state index contributed by atoms with van der Waals surface area (Å²) in [5.41, 5.74) is 2.58. The zero-order valence-electron chi connectivity index (χ0n) is 16.4. The van der Waals surface area contributed by atoms with Gasteiger partial charge in [0.05, 0.1) is 11.1 Å². The van der Waals surface area contributed by atoms with Crippen molar-refractivity contribution in [3.63, 3.8) is 0 Å². The third-order valence-corrected chi connectivity index (χ3v) is 5.08. The number of fused-ring (bicyclic) bond motifs is 1. The molecule has 3 heterocycles. The van der Waals surface area contributed by atoms with Crippen molar-refractivity contribution in [1.82, 2.24) is 15.3 Å². The van der Waals surface area contributed by atoms with Crippen LogP contribution in [0.15, 0.2) is 48.7 Å². The van der Waals surface area contributed by atoms with E-state index in [1.807, 2.05) is 61.5 Å². The summed E-state index contributed by atoms with van der Waals surface area (Å²) in [6.45, 7) is 2.35. The Labute approximate surface area is 165 Å². The van der Waals surface area contributed by atoms with E-state index in [1.54, 1.807) is 6.20 Å². The van der Waals surface area contributed by atoms with Crippen LogP contribution in [0.4, 0.5) is 11.6 Å². The van der Waals surface area contributed by atoms with E-state index in [2.05, 4.69) is 15.2 Å². The molecule has 1 saturated heterocycles. The number of benzene rings is 1. The van der Waals surface area contributed by atoms with E-state index < -0.39 is 0 Å². The van der Waals surface area contributed by atoms with Gasteiger partial charge in [-0.3, -0.25) is 4.79 Å². The molecule has 0 radical (unpaired) electrons. The van der Waals surface area contributed by atoms with Gasteiger partial charge < -0.3 is 15.1 Å². The largest absolute Gasteiger partial charge is 0.363 e. The quantitative estimate of drug-likeness (QED) is 0.742. The van der Waals surface area contributed by atoms with Gasteiger partial charge in [0.1, 0.15) is 11.6 Å². The normalized spacial score (nSPS) is 13.7. The van der Waals surface area contributed by atoms with Crippen molar-refractivity contribution in [3.8, 4) is 0 Å². The van der Waals surface area contributed by atoms with Crippen molar-refractivity contribution in [2.45, 2.75) is 19.4 Å². The number of para-hydroxylation sites is 1. The van der Waals surface area contributed by atoms with Crippen molar-refractivity contribution in [2.24, 2.45) is 0 Å². The van der Waals surface area contributed by atoms with Crippen LogP contribution >= 0.6 is 0 Å². The van der Waals surface area contributed by atoms with E-state index in [0.717, 1.165) is 54.0 Å². The molecule has 1 amide bonds. The third-order valence-electron chi connectivity index (χ3n) is 5.08. The molecule has 3 aromatic rings. The Morgan fingerprint density at radius 2 is 1.93 bits per heavy atom. The smallest absolute Gasteiger partial charge is 0.255 e. The number of aromatic nitrogens is 2. The van der Waals surface area contributed by atoms with E-state index in [1.165, 1.54) is 0 Å². The highest BCUT2D eigenvalue weighted by Crippen LogP contribution is 2.26. The van der Waals surface area contributed by atoms with Crippen molar-refractivity contribution < 1.29 is 4.79 Å². The highest BCUT2D eigenvalue weighted by molar-refractivity contribution is 6.02. The zero-order valence-corrected chi connectivity index (χ0v) is 16.4. The van der Waals surface area contributed by atoms with Crippen LogP contribution in [0.5, 0.6) is 0 Å². The summed E-state index contributed by atoms with van der Waals surface area (Å²) in [7, 11) is 3.90. The van der Waals surface area contributed by atoms with Crippen LogP contribution < -0.4 is 15.1 Å². The lowest BCUT2D eigenvalue weighted by atomic mass is 10.1. The number of hydrogen-bond donors (Lipinski definition) is 1. The first kappa shape index (κ1) is 18.2. The maximum Gasteiger partial charge on any atom is 0.255 e. The van der Waals surface area contributed by atoms with Gasteiger partial charge in [0.15, 0.2) is 0 Å². The minimum Gasteiger partial charge on any atom is -0.363 e. The van der Waals surface area contributed by atoms with Gasteiger partial charge in [-0.25, -0.2) is 9.97 Å². The SMILES string of the molecule is CN(C)c1cc(CNC(=O)c2cc3ccccc3nc2N2CCCC2)ccn1. The minimum absolute atomic E-state index is 0.0941. The fraction of sp³-hybridized carbons (Fsp3) is 0.318. The molecule has 1 aliphatic heterocycles. The minimum atomic E-state index is -0.0941. The van der Waals surface area contributed by atoms with Crippen molar-refractivity contribution in [3.05, 3.63) is 59.8 Å². The van der Waals surface area contributed by atoms with Crippen LogP contribution in [-0.4, -0.2) is 43.1 Å². The molecule has 1 N–H and O–H groups in total. The standard InChI is InChI=1S/C22H25N5O/c1-26(2)20-13-16(9-10-23-20)15-24-22(28)18-14-17-7-3-4-8-19(17)25-21(18)27-11-5-6-12-27/h3-4,7-10,13-14H,5-6,11-12,15H2,1-2H3,(H,24,28). The molecule has 0 aliphatic carbocycles. The average Bonchev–Trinajstić information content (AvgIpc) is 3.26. The lowest BCUT2D eigenvalue weighted by molar-refractivity contribution is 0.0951. The predicted octanol–water partition coefficient (Wildman–Crippen LogP) is 3.23. The number of nitrogens with one attached hydrogen (secondary N) is 1. The summed E-state index contributed by atoms with van der Waals surface area (Å²) in [5.74, 6) is 1.57. The monoisotopic (exact) mass is 375 g/mol. The number of pyridine rings is 2. The molecule has 1 aliphatic rings. The Morgan fingerprint density at radius 1 is 1.14 bits per heavy atom. The second-order valence-electron chi connectivity index (χ2n) is 7.35. The molecule has 6 heteroatoms. The lowest BCUT2D eigenvalue weighted by Gasteiger charge is -2.20. The molecule has 0 unspecified atom stereocenters. The van der Waals surface area contributed by atoms with Gasteiger partial charge in [-0.05, 0) is 42.7 Å². The predicted molar refractivity (Wildman–Crippen MR) is 113 cm³/mol. The van der Waals surface area contributed by atoms with Crippen LogP contribution in [0.1, 0.15) is 28.8 Å². The number of carbonyl (C=O) groups is 1. The first-order chi connectivity index (χ1) is 13.6. The molecule has 6 nitrogen and oxygen atoms in total. The van der Waals surface area contributed by atoms with Gasteiger partial charge in [-0.1, -0.05) is 18.2 Å². The van der Waals surface area contributed by atoms with Crippen LogP contribution in [0.2, 0.25) is 0 Å². The summed E-state index contributed by atoms with van der Waals surface area (Å²) in [4.78, 5) is 26.4. The van der Waals surface area contributed by atoms with E-state index in [9.17, 15) is 4.79 Å². The molecule has 28 heavy (non-hydrogen) atoms. The Morgan fingerprint density at radius 3 is 2.71 bits per heavy atom. The van der Waals surface area contributed by atoms with Gasteiger partial charge in [0.2, 0.25) is 0 Å². The van der Waals surface area contributed by atoms with Crippen LogP contribution in [0.25, 0.3) is 10.9 Å². The molecule has 4 rings (SSSR count). The van der Waals surface area contributed by atoms with Gasteiger partial charge in [0.25, 0.3) is 5.91 Å². The zero-order chi connectivity index (χ0) is 19.5. The summed E-state index contributed by atoms with van der Waals surface area (Å²) in [6.07, 6.45) is 4.05. The number of amides is 1. The maximum absolute atomic E-state index is 13.1. The number of nitrogens with zero attached hydrogens (tertiary/aromatic N) is 4. The molecule has 2 aromatic heterocycles. The average molecular weight is 375 g/mol. The Kier molecular flexibility index (Phi) is 5.10. The maximum atomic E-state index is 13.1.